The van der Waals surface area contributed by atoms with Crippen LogP contribution in [0.1, 0.15) is 19.4 Å². The van der Waals surface area contributed by atoms with Gasteiger partial charge in [-0.25, -0.2) is 4.98 Å². The van der Waals surface area contributed by atoms with Crippen molar-refractivity contribution >= 4 is 11.7 Å². The lowest BCUT2D eigenvalue weighted by molar-refractivity contribution is -0.116. The zero-order chi connectivity index (χ0) is 13.4. The van der Waals surface area contributed by atoms with Crippen LogP contribution in [-0.4, -0.2) is 24.0 Å². The van der Waals surface area contributed by atoms with Crippen molar-refractivity contribution in [1.82, 2.24) is 10.3 Å². The van der Waals surface area contributed by atoms with E-state index in [1.54, 1.807) is 18.2 Å². The van der Waals surface area contributed by atoms with E-state index in [1.807, 2.05) is 19.9 Å². The van der Waals surface area contributed by atoms with Crippen molar-refractivity contribution in [3.63, 3.8) is 0 Å². The number of amides is 1. The maximum atomic E-state index is 11.3. The molecule has 1 amide bonds. The molecule has 0 aliphatic heterocycles. The lowest BCUT2D eigenvalue weighted by Gasteiger charge is -2.06. The molecule has 0 aromatic carbocycles. The smallest absolute Gasteiger partial charge is 0.243 e. The molecule has 1 rings (SSSR count). The van der Waals surface area contributed by atoms with E-state index >= 15 is 0 Å². The normalized spacial score (nSPS) is 9.17. The molecular weight excluding hydrogens is 228 g/mol. The van der Waals surface area contributed by atoms with Crippen molar-refractivity contribution < 1.29 is 4.79 Å². The molecule has 5 heteroatoms. The molecular formula is C13H16N4O. The number of hydrogen-bond donors (Lipinski definition) is 2. The molecule has 0 fully saturated rings. The van der Waals surface area contributed by atoms with Crippen LogP contribution in [0, 0.1) is 11.3 Å². The highest BCUT2D eigenvalue weighted by Gasteiger charge is 1.96. The number of nitriles is 1. The summed E-state index contributed by atoms with van der Waals surface area (Å²) in [5.41, 5.74) is 1.49. The molecule has 0 unspecified atom stereocenters. The third-order valence-corrected chi connectivity index (χ3v) is 2.04. The van der Waals surface area contributed by atoms with Gasteiger partial charge < -0.3 is 10.6 Å². The summed E-state index contributed by atoms with van der Waals surface area (Å²) in [7, 11) is 0. The van der Waals surface area contributed by atoms with Gasteiger partial charge in [0.25, 0.3) is 0 Å². The molecule has 5 nitrogen and oxygen atoms in total. The number of carbonyl (C=O) groups excluding carboxylic acids is 1. The predicted octanol–water partition coefficient (Wildman–Crippen LogP) is 1.45. The number of hydrogen-bond acceptors (Lipinski definition) is 4. The first-order chi connectivity index (χ1) is 8.61. The molecule has 0 saturated carbocycles. The Morgan fingerprint density at radius 2 is 2.22 bits per heavy atom. The SMILES string of the molecule is CC(C)=CC(=O)NCCNc1ccc(C#N)cn1. The van der Waals surface area contributed by atoms with E-state index < -0.39 is 0 Å². The first-order valence-electron chi connectivity index (χ1n) is 5.64. The third kappa shape index (κ3) is 5.12. The second-order valence-corrected chi connectivity index (χ2v) is 3.98. The molecule has 94 valence electrons. The van der Waals surface area contributed by atoms with Crippen molar-refractivity contribution in [3.05, 3.63) is 35.5 Å². The Labute approximate surface area is 107 Å². The second kappa shape index (κ2) is 7.07. The summed E-state index contributed by atoms with van der Waals surface area (Å²) in [6, 6.07) is 5.42. The van der Waals surface area contributed by atoms with E-state index in [9.17, 15) is 4.79 Å². The third-order valence-electron chi connectivity index (χ3n) is 2.04. The number of nitrogens with zero attached hydrogens (tertiary/aromatic N) is 2. The average molecular weight is 244 g/mol. The summed E-state index contributed by atoms with van der Waals surface area (Å²) in [6.45, 7) is 4.85. The highest BCUT2D eigenvalue weighted by molar-refractivity contribution is 5.88. The number of allylic oxidation sites excluding steroid dienone is 1. The topological polar surface area (TPSA) is 77.8 Å². The minimum absolute atomic E-state index is 0.0930. The molecule has 0 radical (unpaired) electrons. The van der Waals surface area contributed by atoms with Crippen LogP contribution in [-0.2, 0) is 4.79 Å². The van der Waals surface area contributed by atoms with Gasteiger partial charge in [-0.2, -0.15) is 5.26 Å². The standard InChI is InChI=1S/C13H16N4O/c1-10(2)7-13(18)16-6-5-15-12-4-3-11(8-14)9-17-12/h3-4,7,9H,5-6H2,1-2H3,(H,15,17)(H,16,18). The van der Waals surface area contributed by atoms with E-state index in [-0.39, 0.29) is 5.91 Å². The molecule has 2 N–H and O–H groups in total. The molecule has 18 heavy (non-hydrogen) atoms. The largest absolute Gasteiger partial charge is 0.368 e. The van der Waals surface area contributed by atoms with Crippen LogP contribution < -0.4 is 10.6 Å². The molecule has 0 atom stereocenters. The average Bonchev–Trinajstić information content (AvgIpc) is 2.34. The van der Waals surface area contributed by atoms with Crippen molar-refractivity contribution in [2.24, 2.45) is 0 Å². The van der Waals surface area contributed by atoms with Gasteiger partial charge in [-0.15, -0.1) is 0 Å². The maximum Gasteiger partial charge on any atom is 0.243 e. The minimum atomic E-state index is -0.0930. The fourth-order valence-electron chi connectivity index (χ4n) is 1.25. The van der Waals surface area contributed by atoms with E-state index in [0.29, 0.717) is 24.5 Å². The Balaban J connectivity index is 2.28. The van der Waals surface area contributed by atoms with Crippen molar-refractivity contribution in [2.75, 3.05) is 18.4 Å². The number of carbonyl (C=O) groups is 1. The van der Waals surface area contributed by atoms with Gasteiger partial charge in [0, 0.05) is 25.4 Å². The summed E-state index contributed by atoms with van der Waals surface area (Å²) in [5, 5.41) is 14.4. The van der Waals surface area contributed by atoms with Gasteiger partial charge in [0.15, 0.2) is 0 Å². The number of anilines is 1. The first kappa shape index (κ1) is 13.7. The van der Waals surface area contributed by atoms with Crippen LogP contribution in [0.3, 0.4) is 0 Å². The van der Waals surface area contributed by atoms with Gasteiger partial charge in [0.1, 0.15) is 11.9 Å². The first-order valence-corrected chi connectivity index (χ1v) is 5.64. The summed E-state index contributed by atoms with van der Waals surface area (Å²) >= 11 is 0. The van der Waals surface area contributed by atoms with Crippen LogP contribution in [0.2, 0.25) is 0 Å². The molecule has 1 heterocycles. The van der Waals surface area contributed by atoms with Gasteiger partial charge in [0.05, 0.1) is 5.56 Å². The predicted molar refractivity (Wildman–Crippen MR) is 69.9 cm³/mol. The zero-order valence-electron chi connectivity index (χ0n) is 10.5. The number of nitrogens with one attached hydrogen (secondary N) is 2. The van der Waals surface area contributed by atoms with Gasteiger partial charge in [-0.1, -0.05) is 5.57 Å². The molecule has 0 saturated heterocycles. The lowest BCUT2D eigenvalue weighted by Crippen LogP contribution is -2.27. The van der Waals surface area contributed by atoms with Gasteiger partial charge in [-0.05, 0) is 26.0 Å². The number of aromatic nitrogens is 1. The monoisotopic (exact) mass is 244 g/mol. The Bertz CT molecular complexity index is 467. The molecule has 0 bridgehead atoms. The highest BCUT2D eigenvalue weighted by Crippen LogP contribution is 2.02. The van der Waals surface area contributed by atoms with Crippen molar-refractivity contribution in [1.29, 1.82) is 5.26 Å². The van der Waals surface area contributed by atoms with E-state index in [2.05, 4.69) is 15.6 Å². The van der Waals surface area contributed by atoms with Crippen LogP contribution in [0.5, 0.6) is 0 Å². The van der Waals surface area contributed by atoms with Crippen molar-refractivity contribution in [2.45, 2.75) is 13.8 Å². The van der Waals surface area contributed by atoms with E-state index in [1.165, 1.54) is 6.20 Å². The van der Waals surface area contributed by atoms with Crippen molar-refractivity contribution in [3.8, 4) is 6.07 Å². The summed E-state index contributed by atoms with van der Waals surface area (Å²) in [5.74, 6) is 0.593. The Morgan fingerprint density at radius 3 is 2.78 bits per heavy atom. The van der Waals surface area contributed by atoms with Crippen LogP contribution in [0.25, 0.3) is 0 Å². The summed E-state index contributed by atoms with van der Waals surface area (Å²) in [4.78, 5) is 15.3. The Morgan fingerprint density at radius 1 is 1.44 bits per heavy atom. The number of rotatable bonds is 5. The molecule has 1 aromatic heterocycles. The van der Waals surface area contributed by atoms with Crippen LogP contribution in [0.4, 0.5) is 5.82 Å². The fourth-order valence-corrected chi connectivity index (χ4v) is 1.25. The van der Waals surface area contributed by atoms with E-state index in [4.69, 9.17) is 5.26 Å². The number of pyridine rings is 1. The van der Waals surface area contributed by atoms with Gasteiger partial charge in [-0.3, -0.25) is 4.79 Å². The van der Waals surface area contributed by atoms with Crippen LogP contribution in [0.15, 0.2) is 30.0 Å². The Kier molecular flexibility index (Phi) is 5.39. The second-order valence-electron chi connectivity index (χ2n) is 3.98. The summed E-state index contributed by atoms with van der Waals surface area (Å²) in [6.07, 6.45) is 3.06. The van der Waals surface area contributed by atoms with Crippen LogP contribution >= 0.6 is 0 Å². The molecule has 0 aliphatic carbocycles. The lowest BCUT2D eigenvalue weighted by atomic mass is 10.3. The minimum Gasteiger partial charge on any atom is -0.368 e. The fraction of sp³-hybridized carbons (Fsp3) is 0.308. The molecule has 0 aliphatic rings. The molecule has 1 aromatic rings. The Hall–Kier alpha value is -2.35. The summed E-state index contributed by atoms with van der Waals surface area (Å²) < 4.78 is 0. The molecule has 0 spiro atoms. The quantitative estimate of drug-likeness (QED) is 0.607. The maximum absolute atomic E-state index is 11.3. The van der Waals surface area contributed by atoms with Gasteiger partial charge in [0.2, 0.25) is 5.91 Å². The zero-order valence-corrected chi connectivity index (χ0v) is 10.5. The van der Waals surface area contributed by atoms with E-state index in [0.717, 1.165) is 5.57 Å². The highest BCUT2D eigenvalue weighted by atomic mass is 16.1. The van der Waals surface area contributed by atoms with Gasteiger partial charge >= 0.3 is 0 Å².